The van der Waals surface area contributed by atoms with E-state index in [1.165, 1.54) is 0 Å². The van der Waals surface area contributed by atoms with Gasteiger partial charge in [-0.05, 0) is 23.6 Å². The molecule has 0 saturated carbocycles. The molecule has 2 rings (SSSR count). The highest BCUT2D eigenvalue weighted by Crippen LogP contribution is 2.27. The molecule has 108 valence electrons. The van der Waals surface area contributed by atoms with Gasteiger partial charge in [-0.3, -0.25) is 0 Å². The van der Waals surface area contributed by atoms with Gasteiger partial charge in [0.25, 0.3) is 0 Å². The number of rotatable bonds is 5. The van der Waals surface area contributed by atoms with Crippen LogP contribution in [-0.2, 0) is 6.54 Å². The summed E-state index contributed by atoms with van der Waals surface area (Å²) in [4.78, 5) is 4.00. The molecule has 0 bridgehead atoms. The Kier molecular flexibility index (Phi) is 4.44. The molecule has 0 saturated heterocycles. The molecule has 1 aromatic carbocycles. The lowest BCUT2D eigenvalue weighted by atomic mass is 10.1. The summed E-state index contributed by atoms with van der Waals surface area (Å²) in [5.74, 6) is 0.0122. The lowest BCUT2D eigenvalue weighted by Crippen LogP contribution is -2.20. The second kappa shape index (κ2) is 6.09. The Morgan fingerprint density at radius 3 is 2.55 bits per heavy atom. The van der Waals surface area contributed by atoms with Crippen LogP contribution >= 0.6 is 0 Å². The van der Waals surface area contributed by atoms with Crippen molar-refractivity contribution in [2.45, 2.75) is 19.6 Å². The minimum atomic E-state index is -4.37. The molecule has 0 atom stereocenters. The van der Waals surface area contributed by atoms with Gasteiger partial charge in [0.05, 0.1) is 0 Å². The largest absolute Gasteiger partial charge is 0.468 e. The summed E-state index contributed by atoms with van der Waals surface area (Å²) in [7, 11) is 0. The summed E-state index contributed by atoms with van der Waals surface area (Å²) in [5, 5.41) is 4.61. The zero-order chi connectivity index (χ0) is 14.6. The number of hydrogen-bond acceptors (Lipinski definition) is 3. The molecule has 0 aliphatic heterocycles. The van der Waals surface area contributed by atoms with E-state index < -0.39 is 12.8 Å². The SMILES string of the molecule is CCNCc1cnc(OCC(F)(F)F)c2ccccc12. The Morgan fingerprint density at radius 1 is 1.20 bits per heavy atom. The first-order valence-corrected chi connectivity index (χ1v) is 6.28. The van der Waals surface area contributed by atoms with Gasteiger partial charge in [0.2, 0.25) is 5.88 Å². The van der Waals surface area contributed by atoms with Gasteiger partial charge in [0.15, 0.2) is 6.61 Å². The van der Waals surface area contributed by atoms with E-state index in [2.05, 4.69) is 10.3 Å². The molecule has 20 heavy (non-hydrogen) atoms. The minimum Gasteiger partial charge on any atom is -0.468 e. The monoisotopic (exact) mass is 284 g/mol. The highest BCUT2D eigenvalue weighted by Gasteiger charge is 2.29. The number of nitrogens with zero attached hydrogens (tertiary/aromatic N) is 1. The highest BCUT2D eigenvalue weighted by molar-refractivity contribution is 5.89. The topological polar surface area (TPSA) is 34.2 Å². The Labute approximate surface area is 114 Å². The molecule has 6 heteroatoms. The van der Waals surface area contributed by atoms with E-state index in [1.54, 1.807) is 18.3 Å². The van der Waals surface area contributed by atoms with Crippen molar-refractivity contribution in [2.24, 2.45) is 0 Å². The average Bonchev–Trinajstić information content (AvgIpc) is 2.42. The maximum atomic E-state index is 12.2. The summed E-state index contributed by atoms with van der Waals surface area (Å²) < 4.78 is 41.5. The number of hydrogen-bond donors (Lipinski definition) is 1. The quantitative estimate of drug-likeness (QED) is 0.915. The summed E-state index contributed by atoms with van der Waals surface area (Å²) in [6.07, 6.45) is -2.82. The molecule has 0 spiro atoms. The number of fused-ring (bicyclic) bond motifs is 1. The van der Waals surface area contributed by atoms with Crippen LogP contribution in [0.2, 0.25) is 0 Å². The van der Waals surface area contributed by atoms with Crippen molar-refractivity contribution in [1.82, 2.24) is 10.3 Å². The smallest absolute Gasteiger partial charge is 0.422 e. The van der Waals surface area contributed by atoms with Gasteiger partial charge in [0.1, 0.15) is 0 Å². The van der Waals surface area contributed by atoms with Crippen LogP contribution in [0.1, 0.15) is 12.5 Å². The normalized spacial score (nSPS) is 11.8. The predicted octanol–water partition coefficient (Wildman–Crippen LogP) is 3.29. The van der Waals surface area contributed by atoms with Gasteiger partial charge in [-0.25, -0.2) is 4.98 Å². The molecule has 1 N–H and O–H groups in total. The second-order valence-electron chi connectivity index (χ2n) is 4.32. The fourth-order valence-electron chi connectivity index (χ4n) is 1.89. The van der Waals surface area contributed by atoms with Crippen molar-refractivity contribution in [3.63, 3.8) is 0 Å². The van der Waals surface area contributed by atoms with Crippen LogP contribution in [-0.4, -0.2) is 24.3 Å². The van der Waals surface area contributed by atoms with Gasteiger partial charge >= 0.3 is 6.18 Å². The van der Waals surface area contributed by atoms with Gasteiger partial charge in [-0.2, -0.15) is 13.2 Å². The Hall–Kier alpha value is -1.82. The van der Waals surface area contributed by atoms with Crippen molar-refractivity contribution >= 4 is 10.8 Å². The Bertz CT molecular complexity index is 584. The number of pyridine rings is 1. The molecule has 0 aliphatic carbocycles. The lowest BCUT2D eigenvalue weighted by molar-refractivity contribution is -0.153. The molecule has 3 nitrogen and oxygen atoms in total. The number of nitrogens with one attached hydrogen (secondary N) is 1. The lowest BCUT2D eigenvalue weighted by Gasteiger charge is -2.12. The summed E-state index contributed by atoms with van der Waals surface area (Å²) in [5.41, 5.74) is 0.932. The number of aromatic nitrogens is 1. The number of benzene rings is 1. The van der Waals surface area contributed by atoms with E-state index in [4.69, 9.17) is 4.74 Å². The van der Waals surface area contributed by atoms with E-state index in [0.717, 1.165) is 17.5 Å². The van der Waals surface area contributed by atoms with Crippen molar-refractivity contribution < 1.29 is 17.9 Å². The first kappa shape index (κ1) is 14.6. The van der Waals surface area contributed by atoms with Crippen LogP contribution in [0.5, 0.6) is 5.88 Å². The van der Waals surface area contributed by atoms with Crippen molar-refractivity contribution in [1.29, 1.82) is 0 Å². The molecule has 1 aromatic heterocycles. The minimum absolute atomic E-state index is 0.0122. The van der Waals surface area contributed by atoms with Crippen molar-refractivity contribution in [3.8, 4) is 5.88 Å². The van der Waals surface area contributed by atoms with E-state index in [1.807, 2.05) is 19.1 Å². The van der Waals surface area contributed by atoms with Gasteiger partial charge in [-0.15, -0.1) is 0 Å². The van der Waals surface area contributed by atoms with Gasteiger partial charge in [-0.1, -0.05) is 25.1 Å². The molecule has 2 aromatic rings. The first-order valence-electron chi connectivity index (χ1n) is 6.28. The number of halogens is 3. The van der Waals surface area contributed by atoms with E-state index in [9.17, 15) is 13.2 Å². The Balaban J connectivity index is 2.33. The van der Waals surface area contributed by atoms with Crippen LogP contribution in [0.25, 0.3) is 10.8 Å². The van der Waals surface area contributed by atoms with E-state index in [-0.39, 0.29) is 5.88 Å². The number of alkyl halides is 3. The molecule has 0 amide bonds. The molecule has 0 radical (unpaired) electrons. The maximum Gasteiger partial charge on any atom is 0.422 e. The number of ether oxygens (including phenoxy) is 1. The second-order valence-corrected chi connectivity index (χ2v) is 4.32. The van der Waals surface area contributed by atoms with Crippen molar-refractivity contribution in [2.75, 3.05) is 13.2 Å². The summed E-state index contributed by atoms with van der Waals surface area (Å²) >= 11 is 0. The third kappa shape index (κ3) is 3.60. The van der Waals surface area contributed by atoms with Gasteiger partial charge < -0.3 is 10.1 Å². The fourth-order valence-corrected chi connectivity index (χ4v) is 1.89. The summed E-state index contributed by atoms with van der Waals surface area (Å²) in [6, 6.07) is 7.15. The van der Waals surface area contributed by atoms with Crippen LogP contribution in [0.15, 0.2) is 30.5 Å². The molecular formula is C14H15F3N2O. The van der Waals surface area contributed by atoms with Crippen LogP contribution in [0.3, 0.4) is 0 Å². The van der Waals surface area contributed by atoms with Gasteiger partial charge in [0, 0.05) is 18.1 Å². The third-order valence-electron chi connectivity index (χ3n) is 2.78. The molecule has 0 unspecified atom stereocenters. The maximum absolute atomic E-state index is 12.2. The molecule has 0 fully saturated rings. The standard InChI is InChI=1S/C14H15F3N2O/c1-2-18-7-10-8-19-13(20-9-14(15,16)17)12-6-4-3-5-11(10)12/h3-6,8,18H,2,7,9H2,1H3. The summed E-state index contributed by atoms with van der Waals surface area (Å²) in [6.45, 7) is 2.07. The molecule has 1 heterocycles. The Morgan fingerprint density at radius 2 is 1.90 bits per heavy atom. The van der Waals surface area contributed by atoms with E-state index in [0.29, 0.717) is 11.9 Å². The molecule has 0 aliphatic rings. The molecular weight excluding hydrogens is 269 g/mol. The average molecular weight is 284 g/mol. The van der Waals surface area contributed by atoms with Crippen molar-refractivity contribution in [3.05, 3.63) is 36.0 Å². The van der Waals surface area contributed by atoms with Crippen LogP contribution in [0.4, 0.5) is 13.2 Å². The zero-order valence-corrected chi connectivity index (χ0v) is 11.0. The van der Waals surface area contributed by atoms with Crippen LogP contribution in [0, 0.1) is 0 Å². The fraction of sp³-hybridized carbons (Fsp3) is 0.357. The third-order valence-corrected chi connectivity index (χ3v) is 2.78. The predicted molar refractivity (Wildman–Crippen MR) is 70.7 cm³/mol. The highest BCUT2D eigenvalue weighted by atomic mass is 19.4. The van der Waals surface area contributed by atoms with E-state index >= 15 is 0 Å². The van der Waals surface area contributed by atoms with Crippen LogP contribution < -0.4 is 10.1 Å². The zero-order valence-electron chi connectivity index (χ0n) is 11.0. The first-order chi connectivity index (χ1) is 9.51.